The molecule has 0 saturated heterocycles. The highest BCUT2D eigenvalue weighted by atomic mass is 32.2. The smallest absolute Gasteiger partial charge is 0.243 e. The number of anilines is 2. The van der Waals surface area contributed by atoms with Crippen LogP contribution in [0, 0.1) is 0 Å². The van der Waals surface area contributed by atoms with Crippen molar-refractivity contribution in [2.45, 2.75) is 4.90 Å². The van der Waals surface area contributed by atoms with Crippen molar-refractivity contribution in [3.8, 4) is 11.5 Å². The molecule has 1 aromatic heterocycles. The summed E-state index contributed by atoms with van der Waals surface area (Å²) < 4.78 is 5.71. The molecule has 1 heterocycles. The van der Waals surface area contributed by atoms with Crippen LogP contribution in [-0.2, 0) is 4.79 Å². The van der Waals surface area contributed by atoms with Crippen LogP contribution in [0.3, 0.4) is 0 Å². The van der Waals surface area contributed by atoms with Gasteiger partial charge in [-0.25, -0.2) is 0 Å². The summed E-state index contributed by atoms with van der Waals surface area (Å²) in [5, 5.41) is 5.99. The minimum Gasteiger partial charge on any atom is -0.457 e. The van der Waals surface area contributed by atoms with E-state index in [2.05, 4.69) is 15.6 Å². The number of amides is 1. The average Bonchev–Trinajstić information content (AvgIpc) is 2.68. The van der Waals surface area contributed by atoms with Crippen molar-refractivity contribution >= 4 is 29.0 Å². The lowest BCUT2D eigenvalue weighted by atomic mass is 10.3. The summed E-state index contributed by atoms with van der Waals surface area (Å²) in [5.74, 6) is 1.35. The number of hydrogen-bond acceptors (Lipinski definition) is 5. The van der Waals surface area contributed by atoms with Gasteiger partial charge in [0.05, 0.1) is 6.54 Å². The number of benzene rings is 2. The number of thioether (sulfide) groups is 1. The number of carbonyl (C=O) groups excluding carboxylic acids is 1. The molecule has 0 aliphatic rings. The third-order valence-corrected chi connectivity index (χ3v) is 4.27. The van der Waals surface area contributed by atoms with Crippen LogP contribution < -0.4 is 15.4 Å². The standard InChI is InChI=1S/C20H19N3O2S/c1-26-19-4-2-3-16(13-19)23-20(24)14-22-15-5-7-17(8-6-15)25-18-9-11-21-12-10-18/h2-13,22H,14H2,1H3,(H,23,24). The molecule has 1 amide bonds. The lowest BCUT2D eigenvalue weighted by Gasteiger charge is -2.10. The SMILES string of the molecule is CSc1cccc(NC(=O)CNc2ccc(Oc3ccncc3)cc2)c1. The van der Waals surface area contributed by atoms with E-state index < -0.39 is 0 Å². The van der Waals surface area contributed by atoms with Crippen molar-refractivity contribution in [3.63, 3.8) is 0 Å². The second-order valence-electron chi connectivity index (χ2n) is 5.44. The van der Waals surface area contributed by atoms with E-state index in [1.54, 1.807) is 36.3 Å². The van der Waals surface area contributed by atoms with Gasteiger partial charge in [0, 0.05) is 28.7 Å². The molecule has 132 valence electrons. The molecule has 6 heteroatoms. The van der Waals surface area contributed by atoms with Crippen LogP contribution in [0.4, 0.5) is 11.4 Å². The first-order valence-electron chi connectivity index (χ1n) is 8.09. The summed E-state index contributed by atoms with van der Waals surface area (Å²) in [6, 6.07) is 18.8. The molecule has 0 saturated carbocycles. The van der Waals surface area contributed by atoms with Crippen LogP contribution in [0.25, 0.3) is 0 Å². The lowest BCUT2D eigenvalue weighted by Crippen LogP contribution is -2.21. The fourth-order valence-electron chi connectivity index (χ4n) is 2.27. The highest BCUT2D eigenvalue weighted by Gasteiger charge is 2.04. The van der Waals surface area contributed by atoms with E-state index in [-0.39, 0.29) is 12.5 Å². The van der Waals surface area contributed by atoms with E-state index in [1.165, 1.54) is 0 Å². The minimum absolute atomic E-state index is 0.0969. The van der Waals surface area contributed by atoms with Crippen LogP contribution in [-0.4, -0.2) is 23.7 Å². The van der Waals surface area contributed by atoms with E-state index >= 15 is 0 Å². The molecule has 0 spiro atoms. The topological polar surface area (TPSA) is 63.2 Å². The average molecular weight is 365 g/mol. The fraction of sp³-hybridized carbons (Fsp3) is 0.100. The first kappa shape index (κ1) is 17.8. The van der Waals surface area contributed by atoms with Crippen LogP contribution in [0.1, 0.15) is 0 Å². The summed E-state index contributed by atoms with van der Waals surface area (Å²) >= 11 is 1.64. The largest absolute Gasteiger partial charge is 0.457 e. The van der Waals surface area contributed by atoms with Gasteiger partial charge in [0.1, 0.15) is 11.5 Å². The first-order valence-corrected chi connectivity index (χ1v) is 9.31. The summed E-state index contributed by atoms with van der Waals surface area (Å²) in [5.41, 5.74) is 1.64. The molecule has 0 aliphatic heterocycles. The summed E-state index contributed by atoms with van der Waals surface area (Å²) in [4.78, 5) is 17.1. The van der Waals surface area contributed by atoms with Crippen LogP contribution in [0.15, 0.2) is 78.0 Å². The van der Waals surface area contributed by atoms with Crippen LogP contribution >= 0.6 is 11.8 Å². The van der Waals surface area contributed by atoms with Gasteiger partial charge in [0.2, 0.25) is 5.91 Å². The third kappa shape index (κ3) is 5.26. The van der Waals surface area contributed by atoms with Crippen LogP contribution in [0.5, 0.6) is 11.5 Å². The molecule has 0 bridgehead atoms. The van der Waals surface area contributed by atoms with Crippen molar-refractivity contribution < 1.29 is 9.53 Å². The highest BCUT2D eigenvalue weighted by molar-refractivity contribution is 7.98. The van der Waals surface area contributed by atoms with Crippen molar-refractivity contribution in [3.05, 3.63) is 73.1 Å². The number of rotatable bonds is 7. The first-order chi connectivity index (χ1) is 12.7. The Morgan fingerprint density at radius 2 is 1.73 bits per heavy atom. The second kappa shape index (κ2) is 8.92. The van der Waals surface area contributed by atoms with E-state index in [9.17, 15) is 4.79 Å². The number of ether oxygens (including phenoxy) is 1. The normalized spacial score (nSPS) is 10.2. The maximum absolute atomic E-state index is 12.1. The molecule has 0 fully saturated rings. The van der Waals surface area contributed by atoms with E-state index in [0.717, 1.165) is 27.8 Å². The van der Waals surface area contributed by atoms with Crippen LogP contribution in [0.2, 0.25) is 0 Å². The Labute approximate surface area is 156 Å². The molecule has 3 aromatic rings. The predicted octanol–water partition coefficient (Wildman–Crippen LogP) is 4.65. The molecule has 0 atom stereocenters. The number of carbonyl (C=O) groups is 1. The molecular weight excluding hydrogens is 346 g/mol. The Kier molecular flexibility index (Phi) is 6.11. The third-order valence-electron chi connectivity index (χ3n) is 3.55. The molecule has 2 aromatic carbocycles. The Morgan fingerprint density at radius 1 is 1.00 bits per heavy atom. The number of nitrogens with zero attached hydrogens (tertiary/aromatic N) is 1. The summed E-state index contributed by atoms with van der Waals surface area (Å²) in [7, 11) is 0. The molecular formula is C20H19N3O2S. The minimum atomic E-state index is -0.0969. The molecule has 3 rings (SSSR count). The molecule has 5 nitrogen and oxygen atoms in total. The molecule has 0 aliphatic carbocycles. The van der Waals surface area contributed by atoms with Gasteiger partial charge < -0.3 is 15.4 Å². The van der Waals surface area contributed by atoms with E-state index in [4.69, 9.17) is 4.74 Å². The van der Waals surface area contributed by atoms with Crippen molar-refractivity contribution in [2.75, 3.05) is 23.4 Å². The van der Waals surface area contributed by atoms with Gasteiger partial charge in [0.15, 0.2) is 0 Å². The molecule has 0 radical (unpaired) electrons. The highest BCUT2D eigenvalue weighted by Crippen LogP contribution is 2.22. The van der Waals surface area contributed by atoms with Gasteiger partial charge in [-0.15, -0.1) is 11.8 Å². The maximum atomic E-state index is 12.1. The number of pyridine rings is 1. The predicted molar refractivity (Wildman–Crippen MR) is 106 cm³/mol. The number of nitrogens with one attached hydrogen (secondary N) is 2. The summed E-state index contributed by atoms with van der Waals surface area (Å²) in [6.07, 6.45) is 5.36. The second-order valence-corrected chi connectivity index (χ2v) is 6.32. The molecule has 2 N–H and O–H groups in total. The van der Waals surface area contributed by atoms with Gasteiger partial charge in [-0.1, -0.05) is 6.07 Å². The van der Waals surface area contributed by atoms with Gasteiger partial charge >= 0.3 is 0 Å². The summed E-state index contributed by atoms with van der Waals surface area (Å²) in [6.45, 7) is 0.189. The van der Waals surface area contributed by atoms with Gasteiger partial charge in [-0.3, -0.25) is 9.78 Å². The van der Waals surface area contributed by atoms with Crippen molar-refractivity contribution in [1.82, 2.24) is 4.98 Å². The lowest BCUT2D eigenvalue weighted by molar-refractivity contribution is -0.114. The van der Waals surface area contributed by atoms with Gasteiger partial charge in [0.25, 0.3) is 0 Å². The Hall–Kier alpha value is -2.99. The molecule has 0 unspecified atom stereocenters. The zero-order valence-corrected chi connectivity index (χ0v) is 15.1. The van der Waals surface area contributed by atoms with Gasteiger partial charge in [-0.2, -0.15) is 0 Å². The Morgan fingerprint density at radius 3 is 2.46 bits per heavy atom. The zero-order chi connectivity index (χ0) is 18.2. The fourth-order valence-corrected chi connectivity index (χ4v) is 2.73. The van der Waals surface area contributed by atoms with Crippen molar-refractivity contribution in [1.29, 1.82) is 0 Å². The van der Waals surface area contributed by atoms with E-state index in [0.29, 0.717) is 0 Å². The maximum Gasteiger partial charge on any atom is 0.243 e. The zero-order valence-electron chi connectivity index (χ0n) is 14.3. The Bertz CT molecular complexity index is 854. The van der Waals surface area contributed by atoms with E-state index in [1.807, 2.05) is 54.8 Å². The molecule has 26 heavy (non-hydrogen) atoms. The van der Waals surface area contributed by atoms with Crippen molar-refractivity contribution in [2.24, 2.45) is 0 Å². The number of aromatic nitrogens is 1. The monoisotopic (exact) mass is 365 g/mol. The number of hydrogen-bond donors (Lipinski definition) is 2. The Balaban J connectivity index is 1.50. The van der Waals surface area contributed by atoms with Gasteiger partial charge in [-0.05, 0) is 60.9 Å². The quantitative estimate of drug-likeness (QED) is 0.597.